The normalized spacial score (nSPS) is 12.4. The second-order valence-corrected chi connectivity index (χ2v) is 5.12. The minimum Gasteiger partial charge on any atom is -0.476 e. The van der Waals surface area contributed by atoms with Gasteiger partial charge in [-0.1, -0.05) is 12.1 Å². The number of carbonyl (C=O) groups is 1. The van der Waals surface area contributed by atoms with Crippen molar-refractivity contribution >= 4 is 26.8 Å². The van der Waals surface area contributed by atoms with Gasteiger partial charge in [-0.05, 0) is 24.6 Å². The SMILES string of the molecule is CC(OP)c1nc(C(=O)O)c(-c2ccc(F)cc2)s1. The maximum atomic E-state index is 12.9. The molecule has 1 heterocycles. The minimum absolute atomic E-state index is 0.0412. The van der Waals surface area contributed by atoms with Gasteiger partial charge < -0.3 is 9.63 Å². The quantitative estimate of drug-likeness (QED) is 0.878. The van der Waals surface area contributed by atoms with Crippen molar-refractivity contribution in [2.75, 3.05) is 0 Å². The number of hydrogen-bond acceptors (Lipinski definition) is 4. The van der Waals surface area contributed by atoms with Crippen molar-refractivity contribution in [3.05, 3.63) is 40.8 Å². The van der Waals surface area contributed by atoms with E-state index < -0.39 is 5.97 Å². The fraction of sp³-hybridized carbons (Fsp3) is 0.167. The molecule has 0 saturated heterocycles. The molecule has 0 fully saturated rings. The summed E-state index contributed by atoms with van der Waals surface area (Å²) in [5.74, 6) is -1.48. The molecule has 0 bridgehead atoms. The average Bonchev–Trinajstić information content (AvgIpc) is 2.84. The molecule has 0 aliphatic carbocycles. The standard InChI is InChI=1S/C12H11FNO3PS/c1-6(17-18)11-14-9(12(15)16)10(19-11)7-2-4-8(13)5-3-7/h2-6H,18H2,1H3,(H,15,16). The molecule has 2 aromatic rings. The van der Waals surface area contributed by atoms with Crippen LogP contribution in [0.15, 0.2) is 24.3 Å². The van der Waals surface area contributed by atoms with Gasteiger partial charge in [0.25, 0.3) is 0 Å². The first-order chi connectivity index (χ1) is 9.02. The summed E-state index contributed by atoms with van der Waals surface area (Å²) in [6.07, 6.45) is -0.317. The lowest BCUT2D eigenvalue weighted by Gasteiger charge is -2.02. The van der Waals surface area contributed by atoms with E-state index in [-0.39, 0.29) is 17.6 Å². The van der Waals surface area contributed by atoms with E-state index in [0.29, 0.717) is 15.4 Å². The second kappa shape index (κ2) is 5.74. The third-order valence-electron chi connectivity index (χ3n) is 2.50. The van der Waals surface area contributed by atoms with Crippen LogP contribution in [0, 0.1) is 5.82 Å². The second-order valence-electron chi connectivity index (χ2n) is 3.82. The van der Waals surface area contributed by atoms with Gasteiger partial charge in [-0.15, -0.1) is 11.3 Å². The molecule has 0 aliphatic heterocycles. The number of aromatic carboxylic acids is 1. The van der Waals surface area contributed by atoms with E-state index in [4.69, 9.17) is 4.52 Å². The van der Waals surface area contributed by atoms with Crippen LogP contribution < -0.4 is 0 Å². The number of halogens is 1. The van der Waals surface area contributed by atoms with Gasteiger partial charge in [-0.2, -0.15) is 0 Å². The number of thiazole rings is 1. The van der Waals surface area contributed by atoms with Crippen LogP contribution in [0.25, 0.3) is 10.4 Å². The van der Waals surface area contributed by atoms with Crippen LogP contribution >= 0.6 is 20.8 Å². The highest BCUT2D eigenvalue weighted by Gasteiger charge is 2.21. The molecule has 2 rings (SSSR count). The lowest BCUT2D eigenvalue weighted by Crippen LogP contribution is -2.00. The van der Waals surface area contributed by atoms with Crippen LogP contribution in [0.3, 0.4) is 0 Å². The van der Waals surface area contributed by atoms with E-state index in [1.54, 1.807) is 6.92 Å². The molecule has 2 atom stereocenters. The van der Waals surface area contributed by atoms with Gasteiger partial charge in [-0.25, -0.2) is 14.2 Å². The Labute approximate surface area is 115 Å². The van der Waals surface area contributed by atoms with Gasteiger partial charge in [-0.3, -0.25) is 0 Å². The first kappa shape index (κ1) is 14.1. The Kier molecular flexibility index (Phi) is 4.24. The summed E-state index contributed by atoms with van der Waals surface area (Å²) in [7, 11) is 2.12. The van der Waals surface area contributed by atoms with Crippen molar-refractivity contribution in [1.82, 2.24) is 4.98 Å². The van der Waals surface area contributed by atoms with E-state index in [9.17, 15) is 14.3 Å². The number of carboxylic acid groups (broad SMARTS) is 1. The number of nitrogens with zero attached hydrogens (tertiary/aromatic N) is 1. The summed E-state index contributed by atoms with van der Waals surface area (Å²) in [4.78, 5) is 15.8. The first-order valence-electron chi connectivity index (χ1n) is 5.38. The number of carboxylic acids is 1. The zero-order valence-electron chi connectivity index (χ0n) is 9.96. The summed E-state index contributed by atoms with van der Waals surface area (Å²) in [6, 6.07) is 5.64. The van der Waals surface area contributed by atoms with Gasteiger partial charge in [0.15, 0.2) is 5.69 Å². The minimum atomic E-state index is -1.11. The highest BCUT2D eigenvalue weighted by Crippen LogP contribution is 2.34. The van der Waals surface area contributed by atoms with Crippen molar-refractivity contribution in [3.8, 4) is 10.4 Å². The molecular formula is C12H11FNO3PS. The molecule has 100 valence electrons. The van der Waals surface area contributed by atoms with Gasteiger partial charge in [0.1, 0.15) is 16.9 Å². The number of rotatable bonds is 4. The Bertz CT molecular complexity index is 600. The van der Waals surface area contributed by atoms with Crippen LogP contribution in [-0.2, 0) is 4.52 Å². The third-order valence-corrected chi connectivity index (χ3v) is 4.18. The Balaban J connectivity index is 2.51. The fourth-order valence-electron chi connectivity index (χ4n) is 1.51. The van der Waals surface area contributed by atoms with Crippen molar-refractivity contribution in [1.29, 1.82) is 0 Å². The molecule has 0 spiro atoms. The molecule has 1 N–H and O–H groups in total. The largest absolute Gasteiger partial charge is 0.476 e. The molecular weight excluding hydrogens is 288 g/mol. The molecule has 1 aromatic heterocycles. The molecule has 0 amide bonds. The van der Waals surface area contributed by atoms with Gasteiger partial charge in [0.05, 0.1) is 4.88 Å². The van der Waals surface area contributed by atoms with Crippen molar-refractivity contribution in [2.45, 2.75) is 13.0 Å². The monoisotopic (exact) mass is 299 g/mol. The smallest absolute Gasteiger partial charge is 0.356 e. The van der Waals surface area contributed by atoms with Crippen molar-refractivity contribution in [3.63, 3.8) is 0 Å². The van der Waals surface area contributed by atoms with E-state index in [2.05, 4.69) is 14.5 Å². The maximum Gasteiger partial charge on any atom is 0.356 e. The maximum absolute atomic E-state index is 12.9. The molecule has 7 heteroatoms. The van der Waals surface area contributed by atoms with Crippen LogP contribution in [0.1, 0.15) is 28.5 Å². The van der Waals surface area contributed by atoms with E-state index >= 15 is 0 Å². The highest BCUT2D eigenvalue weighted by atomic mass is 32.1. The van der Waals surface area contributed by atoms with Crippen LogP contribution in [0.5, 0.6) is 0 Å². The molecule has 0 saturated carbocycles. The van der Waals surface area contributed by atoms with Gasteiger partial charge in [0, 0.05) is 9.47 Å². The lowest BCUT2D eigenvalue weighted by atomic mass is 10.1. The summed E-state index contributed by atoms with van der Waals surface area (Å²) in [5, 5.41) is 9.74. The van der Waals surface area contributed by atoms with Crippen LogP contribution in [-0.4, -0.2) is 16.1 Å². The van der Waals surface area contributed by atoms with Gasteiger partial charge in [0.2, 0.25) is 0 Å². The van der Waals surface area contributed by atoms with Crippen molar-refractivity contribution < 1.29 is 18.8 Å². The molecule has 4 nitrogen and oxygen atoms in total. The van der Waals surface area contributed by atoms with Crippen LogP contribution in [0.4, 0.5) is 4.39 Å². The summed E-state index contributed by atoms with van der Waals surface area (Å²) >= 11 is 1.23. The Hall–Kier alpha value is -1.36. The topological polar surface area (TPSA) is 59.4 Å². The van der Waals surface area contributed by atoms with E-state index in [0.717, 1.165) is 0 Å². The predicted octanol–water partition coefficient (Wildman–Crippen LogP) is 3.52. The fourth-order valence-corrected chi connectivity index (χ4v) is 2.79. The lowest BCUT2D eigenvalue weighted by molar-refractivity contribution is 0.0691. The van der Waals surface area contributed by atoms with Crippen LogP contribution in [0.2, 0.25) is 0 Å². The summed E-state index contributed by atoms with van der Waals surface area (Å²) in [6.45, 7) is 1.77. The summed E-state index contributed by atoms with van der Waals surface area (Å²) < 4.78 is 17.9. The van der Waals surface area contributed by atoms with Crippen molar-refractivity contribution in [2.24, 2.45) is 0 Å². The summed E-state index contributed by atoms with van der Waals surface area (Å²) in [5.41, 5.74) is 0.582. The molecule has 1 aromatic carbocycles. The number of hydrogen-bond donors (Lipinski definition) is 1. The van der Waals surface area contributed by atoms with E-state index in [1.807, 2.05) is 0 Å². The zero-order chi connectivity index (χ0) is 14.0. The highest BCUT2D eigenvalue weighted by molar-refractivity contribution is 7.15. The third kappa shape index (κ3) is 2.97. The Morgan fingerprint density at radius 3 is 2.63 bits per heavy atom. The van der Waals surface area contributed by atoms with E-state index in [1.165, 1.54) is 35.6 Å². The molecule has 0 aliphatic rings. The Morgan fingerprint density at radius 2 is 2.11 bits per heavy atom. The molecule has 19 heavy (non-hydrogen) atoms. The predicted molar refractivity (Wildman–Crippen MR) is 73.7 cm³/mol. The molecule has 0 radical (unpaired) electrons. The number of aromatic nitrogens is 1. The molecule has 2 unspecified atom stereocenters. The zero-order valence-corrected chi connectivity index (χ0v) is 11.9. The Morgan fingerprint density at radius 1 is 1.47 bits per heavy atom. The van der Waals surface area contributed by atoms with Gasteiger partial charge >= 0.3 is 5.97 Å². The average molecular weight is 299 g/mol. The number of benzene rings is 1. The first-order valence-corrected chi connectivity index (χ1v) is 6.67.